The van der Waals surface area contributed by atoms with Crippen LogP contribution in [0.15, 0.2) is 12.4 Å². The van der Waals surface area contributed by atoms with E-state index in [2.05, 4.69) is 9.97 Å². The average Bonchev–Trinajstić information content (AvgIpc) is 2.29. The van der Waals surface area contributed by atoms with Crippen LogP contribution in [-0.4, -0.2) is 53.8 Å². The number of anilines is 1. The maximum atomic E-state index is 11.9. The summed E-state index contributed by atoms with van der Waals surface area (Å²) < 4.78 is 22.4. The first-order chi connectivity index (χ1) is 7.98. The Hall–Kier alpha value is -1.70. The van der Waals surface area contributed by atoms with Gasteiger partial charge in [0.15, 0.2) is 9.84 Å². The predicted octanol–water partition coefficient (Wildman–Crippen LogP) is -1.07. The number of amides is 1. The van der Waals surface area contributed by atoms with Gasteiger partial charge in [0.2, 0.25) is 0 Å². The maximum Gasteiger partial charge on any atom is 0.274 e. The number of hydrogen-bond donors (Lipinski definition) is 1. The minimum absolute atomic E-state index is 0.00113. The first kappa shape index (κ1) is 11.8. The van der Waals surface area contributed by atoms with Crippen molar-refractivity contribution in [2.45, 2.75) is 0 Å². The second-order valence-electron chi connectivity index (χ2n) is 3.77. The van der Waals surface area contributed by atoms with Crippen LogP contribution in [0, 0.1) is 0 Å². The van der Waals surface area contributed by atoms with Crippen molar-refractivity contribution in [1.29, 1.82) is 0 Å². The zero-order chi connectivity index (χ0) is 12.5. The van der Waals surface area contributed by atoms with Crippen LogP contribution in [0.2, 0.25) is 0 Å². The molecule has 1 aromatic heterocycles. The fourth-order valence-corrected chi connectivity index (χ4v) is 2.73. The van der Waals surface area contributed by atoms with E-state index in [1.807, 2.05) is 0 Å². The van der Waals surface area contributed by atoms with Crippen LogP contribution in [0.5, 0.6) is 0 Å². The molecule has 92 valence electrons. The third-order valence-corrected chi connectivity index (χ3v) is 4.13. The zero-order valence-corrected chi connectivity index (χ0v) is 9.85. The van der Waals surface area contributed by atoms with Crippen molar-refractivity contribution in [1.82, 2.24) is 14.9 Å². The Labute approximate surface area is 98.6 Å². The smallest absolute Gasteiger partial charge is 0.274 e. The highest BCUT2D eigenvalue weighted by Gasteiger charge is 2.26. The number of rotatable bonds is 1. The molecule has 8 heteroatoms. The van der Waals surface area contributed by atoms with Gasteiger partial charge in [-0.3, -0.25) is 4.79 Å². The Morgan fingerprint density at radius 1 is 1.24 bits per heavy atom. The van der Waals surface area contributed by atoms with Crippen molar-refractivity contribution < 1.29 is 13.2 Å². The molecule has 0 bridgehead atoms. The Morgan fingerprint density at radius 3 is 2.41 bits per heavy atom. The number of carbonyl (C=O) groups is 1. The summed E-state index contributed by atoms with van der Waals surface area (Å²) in [5, 5.41) is 0. The van der Waals surface area contributed by atoms with Crippen LogP contribution < -0.4 is 5.73 Å². The number of aromatic nitrogens is 2. The van der Waals surface area contributed by atoms with Crippen molar-refractivity contribution in [2.24, 2.45) is 0 Å². The summed E-state index contributed by atoms with van der Waals surface area (Å²) in [5.41, 5.74) is 5.54. The molecule has 1 aliphatic heterocycles. The fraction of sp³-hybridized carbons (Fsp3) is 0.444. The molecule has 0 aromatic carbocycles. The van der Waals surface area contributed by atoms with Crippen molar-refractivity contribution in [3.8, 4) is 0 Å². The number of nitrogens with zero attached hydrogens (tertiary/aromatic N) is 3. The summed E-state index contributed by atoms with van der Waals surface area (Å²) in [6.45, 7) is 0.403. The number of nitrogens with two attached hydrogens (primary N) is 1. The van der Waals surface area contributed by atoms with E-state index >= 15 is 0 Å². The number of nitrogen functional groups attached to an aromatic ring is 1. The first-order valence-corrected chi connectivity index (χ1v) is 6.87. The molecule has 1 aromatic rings. The summed E-state index contributed by atoms with van der Waals surface area (Å²) in [4.78, 5) is 21.0. The summed E-state index contributed by atoms with van der Waals surface area (Å²) in [5.74, 6) is -0.0717. The Kier molecular flexibility index (Phi) is 2.97. The van der Waals surface area contributed by atoms with Crippen LogP contribution in [0.1, 0.15) is 10.5 Å². The van der Waals surface area contributed by atoms with Crippen LogP contribution in [0.25, 0.3) is 0 Å². The first-order valence-electron chi connectivity index (χ1n) is 5.05. The lowest BCUT2D eigenvalue weighted by molar-refractivity contribution is 0.0764. The van der Waals surface area contributed by atoms with E-state index < -0.39 is 9.84 Å². The van der Waals surface area contributed by atoms with Gasteiger partial charge in [-0.1, -0.05) is 0 Å². The molecule has 2 N–H and O–H groups in total. The lowest BCUT2D eigenvalue weighted by Crippen LogP contribution is -2.44. The highest BCUT2D eigenvalue weighted by Crippen LogP contribution is 2.08. The molecule has 17 heavy (non-hydrogen) atoms. The minimum atomic E-state index is -2.99. The van der Waals surface area contributed by atoms with E-state index in [0.717, 1.165) is 0 Å². The summed E-state index contributed by atoms with van der Waals surface area (Å²) in [6.07, 6.45) is 2.59. The molecule has 1 amide bonds. The van der Waals surface area contributed by atoms with Gasteiger partial charge in [0.1, 0.15) is 11.5 Å². The van der Waals surface area contributed by atoms with E-state index in [9.17, 15) is 13.2 Å². The molecule has 1 saturated heterocycles. The normalized spacial score (nSPS) is 18.9. The minimum Gasteiger partial charge on any atom is -0.382 e. The Morgan fingerprint density at radius 2 is 1.88 bits per heavy atom. The van der Waals surface area contributed by atoms with Crippen molar-refractivity contribution in [3.05, 3.63) is 18.1 Å². The Balaban J connectivity index is 2.09. The third kappa shape index (κ3) is 2.70. The molecule has 0 spiro atoms. The maximum absolute atomic E-state index is 11.9. The highest BCUT2D eigenvalue weighted by molar-refractivity contribution is 7.91. The van der Waals surface area contributed by atoms with E-state index in [4.69, 9.17) is 5.73 Å². The molecule has 0 radical (unpaired) electrons. The molecule has 7 nitrogen and oxygen atoms in total. The molecule has 2 heterocycles. The summed E-state index contributed by atoms with van der Waals surface area (Å²) in [6, 6.07) is 0. The van der Waals surface area contributed by atoms with E-state index in [1.165, 1.54) is 17.3 Å². The summed E-state index contributed by atoms with van der Waals surface area (Å²) >= 11 is 0. The van der Waals surface area contributed by atoms with Crippen molar-refractivity contribution in [2.75, 3.05) is 30.3 Å². The van der Waals surface area contributed by atoms with E-state index in [-0.39, 0.29) is 42.0 Å². The molecule has 1 aliphatic rings. The molecular weight excluding hydrogens is 244 g/mol. The fourth-order valence-electron chi connectivity index (χ4n) is 1.53. The van der Waals surface area contributed by atoms with Gasteiger partial charge in [-0.15, -0.1) is 0 Å². The monoisotopic (exact) mass is 256 g/mol. The average molecular weight is 256 g/mol. The van der Waals surface area contributed by atoms with Crippen LogP contribution >= 0.6 is 0 Å². The molecule has 0 saturated carbocycles. The van der Waals surface area contributed by atoms with Gasteiger partial charge in [-0.2, -0.15) is 0 Å². The van der Waals surface area contributed by atoms with Gasteiger partial charge in [-0.05, 0) is 0 Å². The molecule has 0 atom stereocenters. The van der Waals surface area contributed by atoms with Gasteiger partial charge < -0.3 is 10.6 Å². The van der Waals surface area contributed by atoms with E-state index in [0.29, 0.717) is 0 Å². The second kappa shape index (κ2) is 4.28. The third-order valence-electron chi connectivity index (χ3n) is 2.52. The lowest BCUT2D eigenvalue weighted by atomic mass is 10.3. The van der Waals surface area contributed by atoms with Gasteiger partial charge >= 0.3 is 0 Å². The molecule has 0 aliphatic carbocycles. The van der Waals surface area contributed by atoms with E-state index in [1.54, 1.807) is 0 Å². The van der Waals surface area contributed by atoms with Gasteiger partial charge in [0, 0.05) is 13.1 Å². The zero-order valence-electron chi connectivity index (χ0n) is 9.04. The quantitative estimate of drug-likeness (QED) is 0.685. The lowest BCUT2D eigenvalue weighted by Gasteiger charge is -2.26. The molecule has 1 fully saturated rings. The second-order valence-corrected chi connectivity index (χ2v) is 6.07. The number of hydrogen-bond acceptors (Lipinski definition) is 6. The Bertz CT molecular complexity index is 512. The van der Waals surface area contributed by atoms with Crippen LogP contribution in [0.4, 0.5) is 5.82 Å². The van der Waals surface area contributed by atoms with Gasteiger partial charge in [-0.25, -0.2) is 18.4 Å². The summed E-state index contributed by atoms with van der Waals surface area (Å²) in [7, 11) is -2.99. The predicted molar refractivity (Wildman–Crippen MR) is 61.0 cm³/mol. The highest BCUT2D eigenvalue weighted by atomic mass is 32.2. The van der Waals surface area contributed by atoms with Crippen molar-refractivity contribution >= 4 is 21.6 Å². The standard InChI is InChI=1S/C9H12N4O3S/c10-8-6-11-7(5-12-8)9(14)13-1-3-17(15,16)4-2-13/h5-6H,1-4H2,(H2,10,12). The van der Waals surface area contributed by atoms with Gasteiger partial charge in [0.05, 0.1) is 23.9 Å². The SMILES string of the molecule is Nc1cnc(C(=O)N2CCS(=O)(=O)CC2)cn1. The van der Waals surface area contributed by atoms with Gasteiger partial charge in [0.25, 0.3) is 5.91 Å². The molecular formula is C9H12N4O3S. The number of sulfone groups is 1. The largest absolute Gasteiger partial charge is 0.382 e. The number of carbonyl (C=O) groups excluding carboxylic acids is 1. The topological polar surface area (TPSA) is 106 Å². The van der Waals surface area contributed by atoms with Crippen LogP contribution in [-0.2, 0) is 9.84 Å². The van der Waals surface area contributed by atoms with Crippen LogP contribution in [0.3, 0.4) is 0 Å². The molecule has 2 rings (SSSR count). The molecule has 0 unspecified atom stereocenters. The van der Waals surface area contributed by atoms with Crippen molar-refractivity contribution in [3.63, 3.8) is 0 Å².